The molecule has 2 aliphatic heterocycles. The molecule has 0 aliphatic carbocycles. The van der Waals surface area contributed by atoms with E-state index in [0.29, 0.717) is 32.5 Å². The third-order valence-electron chi connectivity index (χ3n) is 5.07. The lowest BCUT2D eigenvalue weighted by Gasteiger charge is -2.42. The summed E-state index contributed by atoms with van der Waals surface area (Å²) in [7, 11) is 1.62. The summed E-state index contributed by atoms with van der Waals surface area (Å²) in [6.45, 7) is 3.71. The normalized spacial score (nSPS) is 27.4. The fourth-order valence-electron chi connectivity index (χ4n) is 3.68. The lowest BCUT2D eigenvalue weighted by atomic mass is 9.86. The van der Waals surface area contributed by atoms with E-state index < -0.39 is 11.7 Å². The van der Waals surface area contributed by atoms with Gasteiger partial charge < -0.3 is 19.5 Å². The van der Waals surface area contributed by atoms with E-state index in [9.17, 15) is 9.90 Å². The molecule has 2 saturated heterocycles. The minimum absolute atomic E-state index is 0.0285. The van der Waals surface area contributed by atoms with Crippen LogP contribution in [0.15, 0.2) is 18.2 Å². The van der Waals surface area contributed by atoms with Gasteiger partial charge in [-0.3, -0.25) is 4.79 Å². The number of carbonyl (C=O) groups is 1. The molecule has 1 amide bonds. The standard InChI is InChI=1S/C18H25NO4/c1-13-4-5-15(22-2)14(10-13)11-17(21)19-8-7-18(16(20)12-19)6-3-9-23-18/h4-5,10,16,20H,3,6-9,11-12H2,1-2H3/t16-,18-/m0/s1. The van der Waals surface area contributed by atoms with E-state index >= 15 is 0 Å². The fourth-order valence-corrected chi connectivity index (χ4v) is 3.68. The van der Waals surface area contributed by atoms with E-state index in [2.05, 4.69) is 0 Å². The Hall–Kier alpha value is -1.59. The highest BCUT2D eigenvalue weighted by atomic mass is 16.5. The molecule has 2 fully saturated rings. The van der Waals surface area contributed by atoms with E-state index in [0.717, 1.165) is 29.7 Å². The zero-order chi connectivity index (χ0) is 16.4. The monoisotopic (exact) mass is 319 g/mol. The molecule has 1 N–H and O–H groups in total. The molecule has 1 aromatic rings. The van der Waals surface area contributed by atoms with Crippen molar-refractivity contribution in [3.8, 4) is 5.75 Å². The number of rotatable bonds is 3. The number of nitrogens with zero attached hydrogens (tertiary/aromatic N) is 1. The summed E-state index contributed by atoms with van der Waals surface area (Å²) in [5.41, 5.74) is 1.58. The Kier molecular flexibility index (Phi) is 4.60. The van der Waals surface area contributed by atoms with Crippen molar-refractivity contribution < 1.29 is 19.4 Å². The van der Waals surface area contributed by atoms with Crippen LogP contribution in [0.5, 0.6) is 5.75 Å². The number of aliphatic hydroxyl groups is 1. The van der Waals surface area contributed by atoms with E-state index in [1.807, 2.05) is 25.1 Å². The molecule has 126 valence electrons. The molecule has 2 atom stereocenters. The van der Waals surface area contributed by atoms with Gasteiger partial charge in [-0.05, 0) is 32.3 Å². The van der Waals surface area contributed by atoms with Crippen LogP contribution < -0.4 is 4.74 Å². The van der Waals surface area contributed by atoms with Crippen LogP contribution in [-0.4, -0.2) is 54.4 Å². The average molecular weight is 319 g/mol. The number of piperidine rings is 1. The number of ether oxygens (including phenoxy) is 2. The van der Waals surface area contributed by atoms with Gasteiger partial charge in [-0.25, -0.2) is 0 Å². The van der Waals surface area contributed by atoms with Crippen LogP contribution in [0.25, 0.3) is 0 Å². The van der Waals surface area contributed by atoms with Crippen LogP contribution in [-0.2, 0) is 16.0 Å². The van der Waals surface area contributed by atoms with Crippen LogP contribution >= 0.6 is 0 Å². The molecule has 0 saturated carbocycles. The van der Waals surface area contributed by atoms with Gasteiger partial charge in [-0.2, -0.15) is 0 Å². The predicted molar refractivity (Wildman–Crippen MR) is 86.6 cm³/mol. The van der Waals surface area contributed by atoms with E-state index in [4.69, 9.17) is 9.47 Å². The van der Waals surface area contributed by atoms with Crippen molar-refractivity contribution in [2.24, 2.45) is 0 Å². The lowest BCUT2D eigenvalue weighted by molar-refractivity contribution is -0.151. The largest absolute Gasteiger partial charge is 0.496 e. The van der Waals surface area contributed by atoms with Gasteiger partial charge in [0.1, 0.15) is 11.9 Å². The Morgan fingerprint density at radius 3 is 2.96 bits per heavy atom. The van der Waals surface area contributed by atoms with Crippen molar-refractivity contribution >= 4 is 5.91 Å². The minimum Gasteiger partial charge on any atom is -0.496 e. The molecule has 5 heteroatoms. The Morgan fingerprint density at radius 2 is 2.30 bits per heavy atom. The molecule has 1 spiro atoms. The SMILES string of the molecule is COc1ccc(C)cc1CC(=O)N1CC[C@@]2(CCCO2)[C@@H](O)C1. The van der Waals surface area contributed by atoms with Crippen molar-refractivity contribution in [2.45, 2.75) is 44.3 Å². The zero-order valence-electron chi connectivity index (χ0n) is 13.9. The molecular formula is C18H25NO4. The zero-order valence-corrected chi connectivity index (χ0v) is 13.9. The highest BCUT2D eigenvalue weighted by Crippen LogP contribution is 2.36. The number of amides is 1. The summed E-state index contributed by atoms with van der Waals surface area (Å²) >= 11 is 0. The summed E-state index contributed by atoms with van der Waals surface area (Å²) in [5.74, 6) is 0.762. The maximum atomic E-state index is 12.6. The third-order valence-corrected chi connectivity index (χ3v) is 5.07. The second kappa shape index (κ2) is 6.49. The molecule has 0 bridgehead atoms. The maximum Gasteiger partial charge on any atom is 0.227 e. The predicted octanol–water partition coefficient (Wildman–Crippen LogP) is 1.69. The summed E-state index contributed by atoms with van der Waals surface area (Å²) in [6.07, 6.45) is 2.30. The number of hydrogen-bond acceptors (Lipinski definition) is 4. The molecule has 2 heterocycles. The molecule has 0 radical (unpaired) electrons. The van der Waals surface area contributed by atoms with Crippen molar-refractivity contribution in [3.63, 3.8) is 0 Å². The van der Waals surface area contributed by atoms with Crippen molar-refractivity contribution in [1.82, 2.24) is 4.90 Å². The second-order valence-electron chi connectivity index (χ2n) is 6.61. The quantitative estimate of drug-likeness (QED) is 0.921. The van der Waals surface area contributed by atoms with Crippen molar-refractivity contribution in [2.75, 3.05) is 26.8 Å². The summed E-state index contributed by atoms with van der Waals surface area (Å²) in [4.78, 5) is 14.4. The highest BCUT2D eigenvalue weighted by Gasteiger charge is 2.46. The van der Waals surface area contributed by atoms with E-state index in [1.54, 1.807) is 12.0 Å². The van der Waals surface area contributed by atoms with Gasteiger partial charge in [0.15, 0.2) is 0 Å². The molecule has 1 aromatic carbocycles. The molecule has 0 unspecified atom stereocenters. The molecule has 3 rings (SSSR count). The molecule has 0 aromatic heterocycles. The minimum atomic E-state index is -0.595. The lowest BCUT2D eigenvalue weighted by Crippen LogP contribution is -2.56. The third kappa shape index (κ3) is 3.21. The summed E-state index contributed by atoms with van der Waals surface area (Å²) in [6, 6.07) is 5.85. The average Bonchev–Trinajstić information content (AvgIpc) is 3.00. The highest BCUT2D eigenvalue weighted by molar-refractivity contribution is 5.79. The Bertz CT molecular complexity index is 580. The van der Waals surface area contributed by atoms with Crippen LogP contribution in [0.4, 0.5) is 0 Å². The summed E-state index contributed by atoms with van der Waals surface area (Å²) < 4.78 is 11.1. The van der Waals surface area contributed by atoms with Gasteiger partial charge in [-0.1, -0.05) is 17.7 Å². The molecular weight excluding hydrogens is 294 g/mol. The van der Waals surface area contributed by atoms with Gasteiger partial charge in [-0.15, -0.1) is 0 Å². The number of β-amino-alcohol motifs (C(OH)–C–C–N with tert-alkyl or cyclic N) is 1. The van der Waals surface area contributed by atoms with Crippen LogP contribution in [0.2, 0.25) is 0 Å². The Balaban J connectivity index is 1.67. The van der Waals surface area contributed by atoms with Gasteiger partial charge in [0.2, 0.25) is 5.91 Å². The van der Waals surface area contributed by atoms with E-state index in [-0.39, 0.29) is 5.91 Å². The number of carbonyl (C=O) groups excluding carboxylic acids is 1. The van der Waals surface area contributed by atoms with Gasteiger partial charge in [0, 0.05) is 25.3 Å². The number of hydrogen-bond donors (Lipinski definition) is 1. The van der Waals surface area contributed by atoms with Gasteiger partial charge in [0.25, 0.3) is 0 Å². The van der Waals surface area contributed by atoms with Crippen molar-refractivity contribution in [3.05, 3.63) is 29.3 Å². The van der Waals surface area contributed by atoms with Gasteiger partial charge in [0.05, 0.1) is 19.1 Å². The first kappa shape index (κ1) is 16.3. The number of likely N-dealkylation sites (tertiary alicyclic amines) is 1. The first-order chi connectivity index (χ1) is 11.0. The topological polar surface area (TPSA) is 59.0 Å². The smallest absolute Gasteiger partial charge is 0.227 e. The number of aliphatic hydroxyl groups excluding tert-OH is 1. The second-order valence-corrected chi connectivity index (χ2v) is 6.61. The first-order valence-electron chi connectivity index (χ1n) is 8.27. The number of benzene rings is 1. The summed E-state index contributed by atoms with van der Waals surface area (Å²) in [5, 5.41) is 10.4. The molecule has 5 nitrogen and oxygen atoms in total. The first-order valence-corrected chi connectivity index (χ1v) is 8.27. The van der Waals surface area contributed by atoms with Crippen LogP contribution in [0, 0.1) is 6.92 Å². The number of methoxy groups -OCH3 is 1. The van der Waals surface area contributed by atoms with Crippen LogP contribution in [0.3, 0.4) is 0 Å². The molecule has 2 aliphatic rings. The number of aryl methyl sites for hydroxylation is 1. The van der Waals surface area contributed by atoms with Gasteiger partial charge >= 0.3 is 0 Å². The van der Waals surface area contributed by atoms with Crippen molar-refractivity contribution in [1.29, 1.82) is 0 Å². The fraction of sp³-hybridized carbons (Fsp3) is 0.611. The Labute approximate surface area is 137 Å². The molecule has 23 heavy (non-hydrogen) atoms. The maximum absolute atomic E-state index is 12.6. The van der Waals surface area contributed by atoms with E-state index in [1.165, 1.54) is 0 Å². The Morgan fingerprint density at radius 1 is 1.48 bits per heavy atom. The van der Waals surface area contributed by atoms with Crippen LogP contribution in [0.1, 0.15) is 30.4 Å².